The minimum Gasteiger partial charge on any atom is -0.506 e. The lowest BCUT2D eigenvalue weighted by Crippen LogP contribution is -2.48. The fourth-order valence-electron chi connectivity index (χ4n) is 9.12. The van der Waals surface area contributed by atoms with E-state index in [4.69, 9.17) is 20.0 Å². The number of piperidine rings is 1. The molecule has 3 rings (SSSR count). The first-order valence-corrected chi connectivity index (χ1v) is 26.2. The van der Waals surface area contributed by atoms with Crippen molar-refractivity contribution < 1.29 is 33.8 Å². The standard InChI is InChI=1S/C51H84N8O7S/c1-9-12-13-14-15-16-20-39(33-45(36(4)5)59(8)51(64)41(37(6)11-3)34-47(61)44-21-17-18-26-58(44)7)50-56-43(35-67-50)49(63)54-40(19-10-2)31-38-22-23-46(60)42(32-38)55-48(62)24-27-65-29-30-66-28-25-53-57-52/h22-23,32,35-37,39-41,44-45,60H,9-21,24-31,33-34H2,1-8H3,(H,54,63)(H,55,62)/t37-,39+,40+,41-,44+,45+/m0/s1. The summed E-state index contributed by atoms with van der Waals surface area (Å²) in [5.41, 5.74) is 9.83. The van der Waals surface area contributed by atoms with E-state index in [1.54, 1.807) is 18.2 Å². The largest absolute Gasteiger partial charge is 0.506 e. The van der Waals surface area contributed by atoms with Gasteiger partial charge in [-0.1, -0.05) is 111 Å². The molecule has 0 saturated carbocycles. The number of anilines is 1. The van der Waals surface area contributed by atoms with E-state index >= 15 is 0 Å². The van der Waals surface area contributed by atoms with E-state index in [2.05, 4.69) is 67.1 Å². The molecular weight excluding hydrogens is 869 g/mol. The molecule has 67 heavy (non-hydrogen) atoms. The van der Waals surface area contributed by atoms with Crippen LogP contribution in [0, 0.1) is 17.8 Å². The lowest BCUT2D eigenvalue weighted by Gasteiger charge is -2.38. The average Bonchev–Trinajstić information content (AvgIpc) is 3.81. The number of nitrogens with one attached hydrogen (secondary N) is 2. The van der Waals surface area contributed by atoms with Gasteiger partial charge in [0.25, 0.3) is 5.91 Å². The highest BCUT2D eigenvalue weighted by Gasteiger charge is 2.37. The van der Waals surface area contributed by atoms with E-state index in [1.165, 1.54) is 37.0 Å². The van der Waals surface area contributed by atoms with Crippen molar-refractivity contribution in [2.75, 3.05) is 58.9 Å². The number of nitrogens with zero attached hydrogens (tertiary/aromatic N) is 6. The van der Waals surface area contributed by atoms with Gasteiger partial charge in [0.1, 0.15) is 11.4 Å². The second-order valence-electron chi connectivity index (χ2n) is 19.0. The van der Waals surface area contributed by atoms with Gasteiger partial charge in [-0.3, -0.25) is 24.1 Å². The number of thiazole rings is 1. The number of ether oxygens (including phenoxy) is 2. The SMILES string of the molecule is CCCCCCCC[C@H](C[C@H](C(C)C)N(C)C(=O)[C@@H](CC(=O)[C@H]1CCCCN1C)[C@@H](C)CC)c1nc(C(=O)N[C@H](CCC)Cc2ccc(O)c(NC(=O)CCOCCOCCN=[N+]=[N-])c2)cs1. The first-order chi connectivity index (χ1) is 32.2. The second kappa shape index (κ2) is 31.9. The van der Waals surface area contributed by atoms with Gasteiger partial charge in [0.05, 0.1) is 49.6 Å². The van der Waals surface area contributed by atoms with Gasteiger partial charge >= 0.3 is 0 Å². The van der Waals surface area contributed by atoms with Crippen molar-refractivity contribution in [1.82, 2.24) is 20.1 Å². The number of rotatable bonds is 34. The Hall–Kier alpha value is -4.08. The molecule has 1 saturated heterocycles. The maximum Gasteiger partial charge on any atom is 0.270 e. The highest BCUT2D eigenvalue weighted by molar-refractivity contribution is 7.09. The summed E-state index contributed by atoms with van der Waals surface area (Å²) in [7, 11) is 3.96. The van der Waals surface area contributed by atoms with E-state index in [0.29, 0.717) is 25.3 Å². The average molecular weight is 953 g/mol. The normalized spacial score (nSPS) is 16.4. The number of carbonyl (C=O) groups is 4. The summed E-state index contributed by atoms with van der Waals surface area (Å²) in [5.74, 6) is -0.467. The number of azide groups is 1. The lowest BCUT2D eigenvalue weighted by atomic mass is 9.82. The molecule has 1 aliphatic rings. The summed E-state index contributed by atoms with van der Waals surface area (Å²) >= 11 is 1.52. The van der Waals surface area contributed by atoms with Gasteiger partial charge in [-0.15, -0.1) is 11.3 Å². The molecule has 0 bridgehead atoms. The minimum atomic E-state index is -0.375. The Kier molecular flexibility index (Phi) is 27.2. The van der Waals surface area contributed by atoms with Crippen LogP contribution in [0.4, 0.5) is 5.69 Å². The Labute approximate surface area is 405 Å². The third-order valence-electron chi connectivity index (χ3n) is 13.4. The zero-order valence-corrected chi connectivity index (χ0v) is 42.9. The number of unbranched alkanes of at least 4 members (excludes halogenated alkanes) is 5. The topological polar surface area (TPSA) is 199 Å². The minimum absolute atomic E-state index is 0.0481. The van der Waals surface area contributed by atoms with Crippen molar-refractivity contribution >= 4 is 40.5 Å². The first kappa shape index (κ1) is 57.2. The third-order valence-corrected chi connectivity index (χ3v) is 14.4. The fraction of sp³-hybridized carbons (Fsp3) is 0.745. The van der Waals surface area contributed by atoms with Crippen LogP contribution in [0.2, 0.25) is 0 Å². The molecule has 2 aromatic rings. The summed E-state index contributed by atoms with van der Waals surface area (Å²) in [5, 5.41) is 22.7. The van der Waals surface area contributed by atoms with Crippen molar-refractivity contribution in [2.45, 2.75) is 175 Å². The number of ketones is 1. The molecule has 1 fully saturated rings. The van der Waals surface area contributed by atoms with Gasteiger partial charge in [-0.05, 0) is 87.2 Å². The molecule has 1 aromatic carbocycles. The number of likely N-dealkylation sites (N-methyl/N-ethyl adjacent to an activating group) is 1. The van der Waals surface area contributed by atoms with Crippen LogP contribution in [0.5, 0.6) is 5.75 Å². The van der Waals surface area contributed by atoms with Crippen LogP contribution in [-0.4, -0.2) is 115 Å². The maximum atomic E-state index is 14.6. The summed E-state index contributed by atoms with van der Waals surface area (Å²) in [6.07, 6.45) is 14.8. The molecule has 1 aromatic heterocycles. The third kappa shape index (κ3) is 20.2. The monoisotopic (exact) mass is 953 g/mol. The molecule has 3 N–H and O–H groups in total. The summed E-state index contributed by atoms with van der Waals surface area (Å²) < 4.78 is 10.8. The van der Waals surface area contributed by atoms with Gasteiger partial charge in [0.2, 0.25) is 11.8 Å². The Morgan fingerprint density at radius 2 is 1.73 bits per heavy atom. The van der Waals surface area contributed by atoms with E-state index in [9.17, 15) is 24.3 Å². The van der Waals surface area contributed by atoms with Crippen LogP contribution >= 0.6 is 11.3 Å². The number of likely N-dealkylation sites (tertiary alicyclic amines) is 1. The maximum absolute atomic E-state index is 14.6. The summed E-state index contributed by atoms with van der Waals surface area (Å²) in [6, 6.07) is 4.67. The molecule has 0 radical (unpaired) electrons. The molecule has 0 unspecified atom stereocenters. The Morgan fingerprint density at radius 3 is 2.42 bits per heavy atom. The number of hydrogen-bond acceptors (Lipinski definition) is 11. The number of benzene rings is 1. The van der Waals surface area contributed by atoms with Crippen molar-refractivity contribution in [1.29, 1.82) is 0 Å². The van der Waals surface area contributed by atoms with Crippen LogP contribution in [0.1, 0.15) is 171 Å². The van der Waals surface area contributed by atoms with Crippen molar-refractivity contribution in [3.05, 3.63) is 50.3 Å². The molecule has 1 aliphatic heterocycles. The predicted molar refractivity (Wildman–Crippen MR) is 269 cm³/mol. The van der Waals surface area contributed by atoms with E-state index in [0.717, 1.165) is 81.3 Å². The number of phenols is 1. The highest BCUT2D eigenvalue weighted by Crippen LogP contribution is 2.35. The van der Waals surface area contributed by atoms with E-state index < -0.39 is 0 Å². The molecule has 16 heteroatoms. The molecular formula is C51H84N8O7S. The number of aromatic nitrogens is 1. The van der Waals surface area contributed by atoms with Gasteiger partial charge in [0, 0.05) is 54.2 Å². The van der Waals surface area contributed by atoms with Crippen LogP contribution in [-0.2, 0) is 30.3 Å². The van der Waals surface area contributed by atoms with Crippen molar-refractivity contribution in [3.63, 3.8) is 0 Å². The molecule has 15 nitrogen and oxygen atoms in total. The predicted octanol–water partition coefficient (Wildman–Crippen LogP) is 10.5. The quantitative estimate of drug-likeness (QED) is 0.0201. The highest BCUT2D eigenvalue weighted by atomic mass is 32.1. The zero-order valence-electron chi connectivity index (χ0n) is 42.1. The second-order valence-corrected chi connectivity index (χ2v) is 19.9. The van der Waals surface area contributed by atoms with E-state index in [-0.39, 0.29) is 109 Å². The zero-order chi connectivity index (χ0) is 49.1. The molecule has 0 aliphatic carbocycles. The number of Topliss-reactive ketones (excluding diaryl/α,β-unsaturated/α-hetero) is 1. The number of hydrogen-bond donors (Lipinski definition) is 3. The number of phenolic OH excluding ortho intramolecular Hbond substituents is 1. The Bertz CT molecular complexity index is 1840. The van der Waals surface area contributed by atoms with Gasteiger partial charge < -0.3 is 30.1 Å². The van der Waals surface area contributed by atoms with Gasteiger partial charge in [-0.25, -0.2) is 4.98 Å². The molecule has 3 amide bonds. The summed E-state index contributed by atoms with van der Waals surface area (Å²) in [6.45, 7) is 15.1. The first-order valence-electron chi connectivity index (χ1n) is 25.3. The van der Waals surface area contributed by atoms with Crippen LogP contribution in [0.3, 0.4) is 0 Å². The molecule has 0 spiro atoms. The smallest absolute Gasteiger partial charge is 0.270 e. The molecule has 2 heterocycles. The van der Waals surface area contributed by atoms with Gasteiger partial charge in [-0.2, -0.15) is 0 Å². The van der Waals surface area contributed by atoms with E-state index in [1.807, 2.05) is 24.4 Å². The number of aromatic hydroxyl groups is 1. The van der Waals surface area contributed by atoms with Crippen molar-refractivity contribution in [3.8, 4) is 5.75 Å². The Balaban J connectivity index is 1.73. The number of carbonyl (C=O) groups excluding carboxylic acids is 4. The molecule has 376 valence electrons. The van der Waals surface area contributed by atoms with Crippen LogP contribution < -0.4 is 10.6 Å². The van der Waals surface area contributed by atoms with Crippen LogP contribution in [0.25, 0.3) is 10.4 Å². The van der Waals surface area contributed by atoms with Crippen molar-refractivity contribution in [2.24, 2.45) is 22.9 Å². The number of amides is 3. The van der Waals surface area contributed by atoms with Crippen LogP contribution in [0.15, 0.2) is 28.7 Å². The lowest BCUT2D eigenvalue weighted by molar-refractivity contribution is -0.142. The fourth-order valence-corrected chi connectivity index (χ4v) is 10.1. The Morgan fingerprint density at radius 1 is 1.00 bits per heavy atom. The molecule has 6 atom stereocenters. The summed E-state index contributed by atoms with van der Waals surface area (Å²) in [4.78, 5) is 66.8. The van der Waals surface area contributed by atoms with Gasteiger partial charge in [0.15, 0.2) is 5.78 Å².